The first-order valence-electron chi connectivity index (χ1n) is 7.11. The molecule has 0 aliphatic rings. The van der Waals surface area contributed by atoms with Crippen LogP contribution in [0, 0.1) is 6.92 Å². The minimum Gasteiger partial charge on any atom is -0.495 e. The molecule has 3 N–H and O–H groups in total. The number of aromatic amines is 1. The van der Waals surface area contributed by atoms with Crippen LogP contribution < -0.4 is 10.1 Å². The van der Waals surface area contributed by atoms with Crippen LogP contribution in [0.1, 0.15) is 31.3 Å². The van der Waals surface area contributed by atoms with Gasteiger partial charge in [0.1, 0.15) is 11.4 Å². The molecule has 0 radical (unpaired) electrons. The molecule has 0 aliphatic carbocycles. The Kier molecular flexibility index (Phi) is 4.22. The molecule has 0 unspecified atom stereocenters. The maximum atomic E-state index is 12.3. The number of amides is 1. The van der Waals surface area contributed by atoms with Crippen molar-refractivity contribution in [2.24, 2.45) is 0 Å². The Labute approximate surface area is 141 Å². The number of carbonyl (C=O) groups is 2. The number of fused-ring (bicyclic) bond motifs is 1. The molecule has 7 nitrogen and oxygen atoms in total. The summed E-state index contributed by atoms with van der Waals surface area (Å²) in [4.78, 5) is 31.2. The number of thiophene rings is 1. The van der Waals surface area contributed by atoms with Crippen molar-refractivity contribution in [2.45, 2.75) is 13.5 Å². The first-order valence-corrected chi connectivity index (χ1v) is 7.92. The van der Waals surface area contributed by atoms with E-state index in [2.05, 4.69) is 15.3 Å². The molecule has 24 heavy (non-hydrogen) atoms. The molecule has 0 saturated heterocycles. The van der Waals surface area contributed by atoms with Crippen LogP contribution in [0.15, 0.2) is 24.5 Å². The second-order valence-corrected chi connectivity index (χ2v) is 6.43. The van der Waals surface area contributed by atoms with E-state index in [0.29, 0.717) is 28.4 Å². The summed E-state index contributed by atoms with van der Waals surface area (Å²) in [5, 5.41) is 12.0. The van der Waals surface area contributed by atoms with Crippen molar-refractivity contribution in [3.05, 3.63) is 46.2 Å². The van der Waals surface area contributed by atoms with E-state index < -0.39 is 5.97 Å². The predicted molar refractivity (Wildman–Crippen MR) is 89.8 cm³/mol. The van der Waals surface area contributed by atoms with Crippen molar-refractivity contribution in [2.75, 3.05) is 7.11 Å². The van der Waals surface area contributed by atoms with E-state index >= 15 is 0 Å². The zero-order valence-corrected chi connectivity index (χ0v) is 13.9. The lowest BCUT2D eigenvalue weighted by molar-refractivity contribution is 0.0698. The van der Waals surface area contributed by atoms with Gasteiger partial charge in [0.2, 0.25) is 0 Å². The maximum Gasteiger partial charge on any atom is 0.338 e. The smallest absolute Gasteiger partial charge is 0.338 e. The van der Waals surface area contributed by atoms with E-state index in [1.54, 1.807) is 38.6 Å². The van der Waals surface area contributed by atoms with Crippen LogP contribution in [-0.2, 0) is 6.54 Å². The fourth-order valence-electron chi connectivity index (χ4n) is 2.42. The average molecular weight is 345 g/mol. The molecule has 0 aromatic carbocycles. The highest BCUT2D eigenvalue weighted by molar-refractivity contribution is 7.19. The highest BCUT2D eigenvalue weighted by Crippen LogP contribution is 2.31. The molecule has 124 valence electrons. The number of carboxylic acids is 1. The van der Waals surface area contributed by atoms with Crippen LogP contribution in [0.4, 0.5) is 0 Å². The number of pyridine rings is 1. The summed E-state index contributed by atoms with van der Waals surface area (Å²) in [5.41, 5.74) is 1.83. The van der Waals surface area contributed by atoms with Gasteiger partial charge in [-0.15, -0.1) is 11.3 Å². The quantitative estimate of drug-likeness (QED) is 0.659. The fourth-order valence-corrected chi connectivity index (χ4v) is 3.48. The van der Waals surface area contributed by atoms with Crippen molar-refractivity contribution in [3.8, 4) is 5.75 Å². The monoisotopic (exact) mass is 345 g/mol. The molecule has 0 fully saturated rings. The lowest BCUT2D eigenvalue weighted by Crippen LogP contribution is -2.23. The van der Waals surface area contributed by atoms with Crippen LogP contribution >= 0.6 is 11.3 Å². The third-order valence-corrected chi connectivity index (χ3v) is 4.62. The van der Waals surface area contributed by atoms with Gasteiger partial charge in [0, 0.05) is 17.6 Å². The maximum absolute atomic E-state index is 12.3. The second-order valence-electron chi connectivity index (χ2n) is 5.18. The van der Waals surface area contributed by atoms with Crippen molar-refractivity contribution >= 4 is 33.4 Å². The van der Waals surface area contributed by atoms with E-state index in [0.717, 1.165) is 10.3 Å². The molecular weight excluding hydrogens is 330 g/mol. The van der Waals surface area contributed by atoms with Gasteiger partial charge >= 0.3 is 5.97 Å². The Morgan fingerprint density at radius 2 is 2.17 bits per heavy atom. The van der Waals surface area contributed by atoms with Crippen molar-refractivity contribution in [1.82, 2.24) is 15.3 Å². The van der Waals surface area contributed by atoms with Gasteiger partial charge in [-0.3, -0.25) is 9.78 Å². The molecule has 0 spiro atoms. The number of carbonyl (C=O) groups excluding carboxylic acids is 1. The number of H-pyrrole nitrogens is 1. The molecule has 0 bridgehead atoms. The number of ether oxygens (including phenoxy) is 1. The number of nitrogens with one attached hydrogen (secondary N) is 2. The zero-order chi connectivity index (χ0) is 17.3. The van der Waals surface area contributed by atoms with Crippen molar-refractivity contribution in [1.29, 1.82) is 0 Å². The van der Waals surface area contributed by atoms with Gasteiger partial charge in [0.25, 0.3) is 5.91 Å². The van der Waals surface area contributed by atoms with Gasteiger partial charge in [-0.1, -0.05) is 0 Å². The Morgan fingerprint density at radius 1 is 1.38 bits per heavy atom. The lowest BCUT2D eigenvalue weighted by atomic mass is 10.2. The second kappa shape index (κ2) is 6.32. The van der Waals surface area contributed by atoms with Gasteiger partial charge in [0.15, 0.2) is 0 Å². The van der Waals surface area contributed by atoms with Gasteiger partial charge in [-0.2, -0.15) is 0 Å². The predicted octanol–water partition coefficient (Wildman–Crippen LogP) is 2.57. The number of hydrogen-bond donors (Lipinski definition) is 3. The molecule has 0 aliphatic heterocycles. The van der Waals surface area contributed by atoms with Gasteiger partial charge in [-0.25, -0.2) is 4.79 Å². The van der Waals surface area contributed by atoms with E-state index in [4.69, 9.17) is 4.74 Å². The number of aryl methyl sites for hydroxylation is 1. The summed E-state index contributed by atoms with van der Waals surface area (Å²) in [6.07, 6.45) is 3.22. The van der Waals surface area contributed by atoms with Gasteiger partial charge < -0.3 is 20.1 Å². The third kappa shape index (κ3) is 2.95. The molecular formula is C16H15N3O4S. The first-order chi connectivity index (χ1) is 11.5. The molecule has 3 aromatic heterocycles. The number of carboxylic acid groups (broad SMARTS) is 1. The topological polar surface area (TPSA) is 104 Å². The van der Waals surface area contributed by atoms with Crippen LogP contribution in [0.25, 0.3) is 10.2 Å². The minimum atomic E-state index is -1.00. The van der Waals surface area contributed by atoms with Crippen molar-refractivity contribution in [3.63, 3.8) is 0 Å². The summed E-state index contributed by atoms with van der Waals surface area (Å²) in [6.45, 7) is 2.04. The normalized spacial score (nSPS) is 10.8. The van der Waals surface area contributed by atoms with Crippen LogP contribution in [0.5, 0.6) is 5.75 Å². The minimum absolute atomic E-state index is 0.214. The lowest BCUT2D eigenvalue weighted by Gasteiger charge is -2.05. The zero-order valence-electron chi connectivity index (χ0n) is 13.0. The van der Waals surface area contributed by atoms with E-state index in [1.165, 1.54) is 11.3 Å². The molecule has 3 aromatic rings. The SMILES string of the molecule is COc1cncc(CNC(=O)c2cc3sc(C)c(C(=O)O)c3[nH]2)c1. The number of aromatic carboxylic acids is 1. The number of rotatable bonds is 5. The number of nitrogens with zero attached hydrogens (tertiary/aromatic N) is 1. The van der Waals surface area contributed by atoms with Crippen molar-refractivity contribution < 1.29 is 19.4 Å². The Balaban J connectivity index is 1.77. The van der Waals surface area contributed by atoms with Crippen LogP contribution in [0.3, 0.4) is 0 Å². The molecule has 0 saturated carbocycles. The van der Waals surface area contributed by atoms with Gasteiger partial charge in [-0.05, 0) is 24.6 Å². The van der Waals surface area contributed by atoms with E-state index in [1.807, 2.05) is 0 Å². The number of hydrogen-bond acceptors (Lipinski definition) is 5. The highest BCUT2D eigenvalue weighted by atomic mass is 32.1. The summed E-state index contributed by atoms with van der Waals surface area (Å²) >= 11 is 1.35. The van der Waals surface area contributed by atoms with Crippen LogP contribution in [-0.4, -0.2) is 34.1 Å². The van der Waals surface area contributed by atoms with Crippen LogP contribution in [0.2, 0.25) is 0 Å². The number of methoxy groups -OCH3 is 1. The van der Waals surface area contributed by atoms with E-state index in [9.17, 15) is 14.7 Å². The molecule has 0 atom stereocenters. The summed E-state index contributed by atoms with van der Waals surface area (Å²) in [7, 11) is 1.55. The van der Waals surface area contributed by atoms with Gasteiger partial charge in [0.05, 0.1) is 29.1 Å². The largest absolute Gasteiger partial charge is 0.495 e. The standard InChI is InChI=1S/C16H15N3O4S/c1-8-13(16(21)22)14-12(24-8)4-11(19-14)15(20)18-6-9-3-10(23-2)7-17-5-9/h3-5,7,19H,6H2,1-2H3,(H,18,20)(H,21,22). The fraction of sp³-hybridized carbons (Fsp3) is 0.188. The number of aromatic nitrogens is 2. The average Bonchev–Trinajstić information content (AvgIpc) is 3.08. The summed E-state index contributed by atoms with van der Waals surface area (Å²) in [5.74, 6) is -0.700. The molecule has 8 heteroatoms. The third-order valence-electron chi connectivity index (χ3n) is 3.56. The Morgan fingerprint density at radius 3 is 2.88 bits per heavy atom. The van der Waals surface area contributed by atoms with E-state index in [-0.39, 0.29) is 11.5 Å². The first kappa shape index (κ1) is 16.0. The summed E-state index contributed by atoms with van der Waals surface area (Å²) < 4.78 is 5.84. The molecule has 3 rings (SSSR count). The molecule has 3 heterocycles. The summed E-state index contributed by atoms with van der Waals surface area (Å²) in [6, 6.07) is 3.45. The molecule has 1 amide bonds. The highest BCUT2D eigenvalue weighted by Gasteiger charge is 2.19. The Bertz CT molecular complexity index is 929. The Hall–Kier alpha value is -2.87.